The number of fused-ring (bicyclic) bond motifs is 1. The van der Waals surface area contributed by atoms with E-state index < -0.39 is 0 Å². The van der Waals surface area contributed by atoms with E-state index in [0.29, 0.717) is 0 Å². The van der Waals surface area contributed by atoms with E-state index in [-0.39, 0.29) is 0 Å². The van der Waals surface area contributed by atoms with Crippen molar-refractivity contribution in [3.8, 4) is 22.5 Å². The largest absolute Gasteiger partial charge is 0.244 e. The van der Waals surface area contributed by atoms with Crippen molar-refractivity contribution in [3.63, 3.8) is 0 Å². The zero-order valence-electron chi connectivity index (χ0n) is 13.8. The third-order valence-electron chi connectivity index (χ3n) is 4.19. The van der Waals surface area contributed by atoms with Crippen LogP contribution in [0.15, 0.2) is 72.8 Å². The van der Waals surface area contributed by atoms with Gasteiger partial charge in [0.05, 0.1) is 22.4 Å². The fourth-order valence-electron chi connectivity index (χ4n) is 2.87. The van der Waals surface area contributed by atoms with Crippen LogP contribution in [0.1, 0.15) is 11.1 Å². The van der Waals surface area contributed by atoms with Crippen LogP contribution < -0.4 is 0 Å². The van der Waals surface area contributed by atoms with Crippen LogP contribution >= 0.6 is 0 Å². The highest BCUT2D eigenvalue weighted by atomic mass is 14.8. The van der Waals surface area contributed by atoms with Gasteiger partial charge in [0, 0.05) is 11.1 Å². The van der Waals surface area contributed by atoms with Crippen molar-refractivity contribution >= 4 is 11.0 Å². The molecule has 0 saturated carbocycles. The summed E-state index contributed by atoms with van der Waals surface area (Å²) in [7, 11) is 0. The van der Waals surface area contributed by atoms with Crippen molar-refractivity contribution in [1.29, 1.82) is 0 Å². The number of nitrogens with zero attached hydrogens (tertiary/aromatic N) is 2. The monoisotopic (exact) mass is 310 g/mol. The third kappa shape index (κ3) is 2.67. The minimum absolute atomic E-state index is 0.926. The average molecular weight is 310 g/mol. The maximum absolute atomic E-state index is 4.95. The first-order valence-electron chi connectivity index (χ1n) is 8.11. The van der Waals surface area contributed by atoms with Gasteiger partial charge in [-0.05, 0) is 31.5 Å². The van der Waals surface area contributed by atoms with Gasteiger partial charge < -0.3 is 0 Å². The molecule has 0 radical (unpaired) electrons. The van der Waals surface area contributed by atoms with Gasteiger partial charge in [0.2, 0.25) is 0 Å². The lowest BCUT2D eigenvalue weighted by molar-refractivity contribution is 1.28. The van der Waals surface area contributed by atoms with Gasteiger partial charge in [-0.15, -0.1) is 0 Å². The van der Waals surface area contributed by atoms with Crippen LogP contribution in [0.3, 0.4) is 0 Å². The van der Waals surface area contributed by atoms with Gasteiger partial charge in [0.25, 0.3) is 0 Å². The van der Waals surface area contributed by atoms with E-state index in [2.05, 4.69) is 62.4 Å². The number of hydrogen-bond acceptors (Lipinski definition) is 2. The van der Waals surface area contributed by atoms with Crippen molar-refractivity contribution in [2.24, 2.45) is 0 Å². The molecular formula is C22H18N2. The Morgan fingerprint density at radius 2 is 1.12 bits per heavy atom. The number of aromatic nitrogens is 2. The molecule has 0 unspecified atom stereocenters. The molecule has 1 heterocycles. The van der Waals surface area contributed by atoms with Crippen LogP contribution in [0.5, 0.6) is 0 Å². The average Bonchev–Trinajstić information content (AvgIpc) is 2.62. The molecular weight excluding hydrogens is 292 g/mol. The Hall–Kier alpha value is -3.00. The van der Waals surface area contributed by atoms with Crippen molar-refractivity contribution in [2.75, 3.05) is 0 Å². The Bertz CT molecular complexity index is 1000. The van der Waals surface area contributed by atoms with Crippen LogP contribution in [0.25, 0.3) is 33.5 Å². The van der Waals surface area contributed by atoms with Crippen LogP contribution in [0, 0.1) is 13.8 Å². The van der Waals surface area contributed by atoms with Crippen LogP contribution in [-0.2, 0) is 0 Å². The van der Waals surface area contributed by atoms with Gasteiger partial charge in [0.1, 0.15) is 0 Å². The molecule has 24 heavy (non-hydrogen) atoms. The summed E-state index contributed by atoms with van der Waals surface area (Å²) in [5.74, 6) is 0. The highest BCUT2D eigenvalue weighted by Crippen LogP contribution is 2.31. The molecule has 0 N–H and O–H groups in total. The molecule has 0 aliphatic heterocycles. The van der Waals surface area contributed by atoms with E-state index in [9.17, 15) is 0 Å². The smallest absolute Gasteiger partial charge is 0.0973 e. The highest BCUT2D eigenvalue weighted by molar-refractivity contribution is 5.86. The van der Waals surface area contributed by atoms with Crippen LogP contribution in [-0.4, -0.2) is 9.97 Å². The summed E-state index contributed by atoms with van der Waals surface area (Å²) in [6.07, 6.45) is 0. The molecule has 0 fully saturated rings. The van der Waals surface area contributed by atoms with Gasteiger partial charge in [-0.1, -0.05) is 66.2 Å². The second-order valence-corrected chi connectivity index (χ2v) is 6.15. The zero-order valence-corrected chi connectivity index (χ0v) is 13.8. The number of benzene rings is 3. The number of hydrogen-bond donors (Lipinski definition) is 0. The normalized spacial score (nSPS) is 10.9. The third-order valence-corrected chi connectivity index (χ3v) is 4.19. The van der Waals surface area contributed by atoms with E-state index in [1.165, 1.54) is 11.1 Å². The fourth-order valence-corrected chi connectivity index (χ4v) is 2.87. The Labute approximate surface area is 141 Å². The molecule has 2 heteroatoms. The molecule has 0 aliphatic rings. The molecule has 0 amide bonds. The first-order chi connectivity index (χ1) is 11.7. The zero-order chi connectivity index (χ0) is 16.5. The molecule has 116 valence electrons. The number of aryl methyl sites for hydroxylation is 2. The maximum Gasteiger partial charge on any atom is 0.0973 e. The molecule has 1 aromatic heterocycles. The molecule has 4 rings (SSSR count). The highest BCUT2D eigenvalue weighted by Gasteiger charge is 2.13. The van der Waals surface area contributed by atoms with Gasteiger partial charge in [-0.2, -0.15) is 0 Å². The van der Waals surface area contributed by atoms with Crippen molar-refractivity contribution in [1.82, 2.24) is 9.97 Å². The summed E-state index contributed by atoms with van der Waals surface area (Å²) < 4.78 is 0. The molecule has 0 atom stereocenters. The molecule has 4 aromatic rings. The first-order valence-corrected chi connectivity index (χ1v) is 8.11. The first kappa shape index (κ1) is 14.6. The Morgan fingerprint density at radius 1 is 0.542 bits per heavy atom. The van der Waals surface area contributed by atoms with Gasteiger partial charge in [0.15, 0.2) is 0 Å². The van der Waals surface area contributed by atoms with E-state index in [4.69, 9.17) is 9.97 Å². The predicted octanol–water partition coefficient (Wildman–Crippen LogP) is 5.58. The van der Waals surface area contributed by atoms with Gasteiger partial charge >= 0.3 is 0 Å². The molecule has 3 aromatic carbocycles. The molecule has 0 saturated heterocycles. The Morgan fingerprint density at radius 3 is 1.83 bits per heavy atom. The minimum Gasteiger partial charge on any atom is -0.244 e. The van der Waals surface area contributed by atoms with Crippen molar-refractivity contribution in [3.05, 3.63) is 83.9 Å². The van der Waals surface area contributed by atoms with E-state index in [1.807, 2.05) is 24.3 Å². The topological polar surface area (TPSA) is 25.8 Å². The summed E-state index contributed by atoms with van der Waals surface area (Å²) in [6, 6.07) is 25.0. The second kappa shape index (κ2) is 5.89. The van der Waals surface area contributed by atoms with Crippen molar-refractivity contribution < 1.29 is 0 Å². The second-order valence-electron chi connectivity index (χ2n) is 6.15. The fraction of sp³-hybridized carbons (Fsp3) is 0.0909. The summed E-state index contributed by atoms with van der Waals surface area (Å²) in [4.78, 5) is 9.87. The van der Waals surface area contributed by atoms with E-state index >= 15 is 0 Å². The SMILES string of the molecule is Cc1ccc(-c2nc3cc(C)ccc3nc2-c2ccccc2)cc1. The quantitative estimate of drug-likeness (QED) is 0.483. The summed E-state index contributed by atoms with van der Waals surface area (Å²) >= 11 is 0. The molecule has 0 aliphatic carbocycles. The molecule has 0 spiro atoms. The lowest BCUT2D eigenvalue weighted by Gasteiger charge is -2.11. The lowest BCUT2D eigenvalue weighted by Crippen LogP contribution is -1.95. The Balaban J connectivity index is 2.02. The lowest BCUT2D eigenvalue weighted by atomic mass is 10.0. The van der Waals surface area contributed by atoms with Crippen LogP contribution in [0.2, 0.25) is 0 Å². The summed E-state index contributed by atoms with van der Waals surface area (Å²) in [5.41, 5.74) is 8.33. The predicted molar refractivity (Wildman–Crippen MR) is 99.9 cm³/mol. The molecule has 2 nitrogen and oxygen atoms in total. The van der Waals surface area contributed by atoms with Gasteiger partial charge in [-0.25, -0.2) is 9.97 Å². The van der Waals surface area contributed by atoms with Crippen LogP contribution in [0.4, 0.5) is 0 Å². The van der Waals surface area contributed by atoms with Gasteiger partial charge in [-0.3, -0.25) is 0 Å². The minimum atomic E-state index is 0.926. The molecule has 0 bridgehead atoms. The standard InChI is InChI=1S/C22H18N2/c1-15-8-11-18(12-9-15)22-21(17-6-4-3-5-7-17)23-19-13-10-16(2)14-20(19)24-22/h3-14H,1-2H3. The van der Waals surface area contributed by atoms with E-state index in [1.54, 1.807) is 0 Å². The maximum atomic E-state index is 4.95. The van der Waals surface area contributed by atoms with Crippen molar-refractivity contribution in [2.45, 2.75) is 13.8 Å². The summed E-state index contributed by atoms with van der Waals surface area (Å²) in [6.45, 7) is 4.18. The summed E-state index contributed by atoms with van der Waals surface area (Å²) in [5, 5.41) is 0. The number of rotatable bonds is 2. The Kier molecular flexibility index (Phi) is 3.58. The van der Waals surface area contributed by atoms with E-state index in [0.717, 1.165) is 33.5 Å².